The van der Waals surface area contributed by atoms with Crippen molar-refractivity contribution in [2.24, 2.45) is 9.98 Å². The first-order valence-corrected chi connectivity index (χ1v) is 16.0. The Morgan fingerprint density at radius 2 is 0.846 bits per heavy atom. The summed E-state index contributed by atoms with van der Waals surface area (Å²) in [4.78, 5) is 10.2. The molecule has 0 aromatic heterocycles. The number of aliphatic imine (C=N–C) groups is 2. The maximum absolute atomic E-state index is 5.11. The molecule has 0 atom stereocenters. The molecule has 0 aliphatic heterocycles. The number of hydrogen-bond acceptors (Lipinski definition) is 2. The summed E-state index contributed by atoms with van der Waals surface area (Å²) in [6, 6.07) is 17.9. The van der Waals surface area contributed by atoms with Crippen LogP contribution in [0.25, 0.3) is 0 Å². The van der Waals surface area contributed by atoms with Crippen LogP contribution in [0.15, 0.2) is 58.5 Å². The molecule has 0 heterocycles. The van der Waals surface area contributed by atoms with Gasteiger partial charge in [0.1, 0.15) is 0 Å². The molecule has 39 heavy (non-hydrogen) atoms. The van der Waals surface area contributed by atoms with Crippen molar-refractivity contribution in [3.8, 4) is 0 Å². The topological polar surface area (TPSA) is 24.7 Å². The molecule has 0 aliphatic carbocycles. The Kier molecular flexibility index (Phi) is 21.1. The summed E-state index contributed by atoms with van der Waals surface area (Å²) in [6.07, 6.45) is 22.7. The molecule has 2 aromatic rings. The fourth-order valence-corrected chi connectivity index (χ4v) is 4.96. The van der Waals surface area contributed by atoms with Crippen molar-refractivity contribution in [1.29, 1.82) is 0 Å². The minimum atomic E-state index is 0. The quantitative estimate of drug-likeness (QED) is 0.0751. The van der Waals surface area contributed by atoms with Crippen LogP contribution in [0.3, 0.4) is 0 Å². The summed E-state index contributed by atoms with van der Waals surface area (Å²) in [7, 11) is 0. The van der Waals surface area contributed by atoms with Crippen molar-refractivity contribution in [3.63, 3.8) is 0 Å². The van der Waals surface area contributed by atoms with Crippen LogP contribution in [0.5, 0.6) is 0 Å². The molecule has 2 rings (SSSR count). The molecular formula is C36H56N2Pd. The van der Waals surface area contributed by atoms with Gasteiger partial charge in [-0.15, -0.1) is 0 Å². The van der Waals surface area contributed by atoms with E-state index in [-0.39, 0.29) is 20.4 Å². The van der Waals surface area contributed by atoms with Gasteiger partial charge in [0.25, 0.3) is 0 Å². The van der Waals surface area contributed by atoms with Crippen LogP contribution >= 0.6 is 0 Å². The number of unbranched alkanes of at least 4 members (excludes halogenated alkanes) is 11. The van der Waals surface area contributed by atoms with Crippen LogP contribution in [-0.4, -0.2) is 11.4 Å². The van der Waals surface area contributed by atoms with E-state index in [0.717, 1.165) is 42.1 Å². The van der Waals surface area contributed by atoms with Crippen molar-refractivity contribution in [2.45, 2.75) is 143 Å². The van der Waals surface area contributed by atoms with Gasteiger partial charge in [0, 0.05) is 20.4 Å². The van der Waals surface area contributed by atoms with Gasteiger partial charge in [-0.2, -0.15) is 0 Å². The predicted octanol–water partition coefficient (Wildman–Crippen LogP) is 11.9. The molecule has 0 unspecified atom stereocenters. The molecule has 0 aliphatic rings. The second-order valence-electron chi connectivity index (χ2n) is 10.9. The fraction of sp³-hybridized carbons (Fsp3) is 0.611. The maximum atomic E-state index is 5.11. The van der Waals surface area contributed by atoms with Gasteiger partial charge in [0.2, 0.25) is 0 Å². The van der Waals surface area contributed by atoms with E-state index >= 15 is 0 Å². The third-order valence-electron chi connectivity index (χ3n) is 7.47. The molecule has 0 saturated heterocycles. The first-order chi connectivity index (χ1) is 18.7. The maximum Gasteiger partial charge on any atom is 0.0633 e. The Labute approximate surface area is 255 Å². The molecule has 0 saturated carbocycles. The third kappa shape index (κ3) is 15.7. The zero-order valence-corrected chi connectivity index (χ0v) is 27.1. The Balaban J connectivity index is 0.00000760. The summed E-state index contributed by atoms with van der Waals surface area (Å²) in [5.74, 6) is 0. The van der Waals surface area contributed by atoms with Crippen LogP contribution in [0, 0.1) is 0 Å². The zero-order chi connectivity index (χ0) is 27.3. The molecule has 0 fully saturated rings. The van der Waals surface area contributed by atoms with Crippen LogP contribution in [0.2, 0.25) is 0 Å². The first kappa shape index (κ1) is 35.5. The summed E-state index contributed by atoms with van der Waals surface area (Å²) < 4.78 is 0. The summed E-state index contributed by atoms with van der Waals surface area (Å²) in [5.41, 5.74) is 7.23. The molecule has 0 amide bonds. The van der Waals surface area contributed by atoms with Gasteiger partial charge in [-0.3, -0.25) is 9.98 Å². The van der Waals surface area contributed by atoms with Crippen LogP contribution < -0.4 is 0 Å². The Bertz CT molecular complexity index is 912. The smallest absolute Gasteiger partial charge is 0.0633 e. The van der Waals surface area contributed by atoms with Crippen molar-refractivity contribution in [2.75, 3.05) is 0 Å². The van der Waals surface area contributed by atoms with E-state index in [1.54, 1.807) is 0 Å². The SMILES string of the molecule is CCCCCCCCc1ccc(/N=C(CC)/C(CCCC)=N/c2ccc(CCCCCCCC)cc2)cc1.[Pd]. The average molecular weight is 623 g/mol. The van der Waals surface area contributed by atoms with E-state index in [4.69, 9.17) is 9.98 Å². The number of nitrogens with zero attached hydrogens (tertiary/aromatic N) is 2. The van der Waals surface area contributed by atoms with Gasteiger partial charge in [-0.05, 0) is 80.3 Å². The summed E-state index contributed by atoms with van der Waals surface area (Å²) in [5, 5.41) is 0. The van der Waals surface area contributed by atoms with E-state index in [9.17, 15) is 0 Å². The summed E-state index contributed by atoms with van der Waals surface area (Å²) in [6.45, 7) is 9.01. The number of aryl methyl sites for hydroxylation is 2. The minimum Gasteiger partial charge on any atom is -0.252 e. The van der Waals surface area contributed by atoms with E-state index in [1.807, 2.05) is 0 Å². The third-order valence-corrected chi connectivity index (χ3v) is 7.47. The van der Waals surface area contributed by atoms with E-state index in [0.29, 0.717) is 0 Å². The van der Waals surface area contributed by atoms with E-state index in [2.05, 4.69) is 76.2 Å². The molecule has 0 bridgehead atoms. The molecule has 220 valence electrons. The van der Waals surface area contributed by atoms with Gasteiger partial charge < -0.3 is 0 Å². The molecule has 2 aromatic carbocycles. The second kappa shape index (κ2) is 23.2. The largest absolute Gasteiger partial charge is 0.252 e. The summed E-state index contributed by atoms with van der Waals surface area (Å²) >= 11 is 0. The van der Waals surface area contributed by atoms with E-state index in [1.165, 1.54) is 107 Å². The van der Waals surface area contributed by atoms with Gasteiger partial charge in [0.05, 0.1) is 22.8 Å². The molecule has 0 radical (unpaired) electrons. The number of hydrogen-bond donors (Lipinski definition) is 0. The normalized spacial score (nSPS) is 12.0. The second-order valence-corrected chi connectivity index (χ2v) is 10.9. The van der Waals surface area contributed by atoms with Crippen LogP contribution in [0.1, 0.15) is 142 Å². The van der Waals surface area contributed by atoms with Crippen molar-refractivity contribution >= 4 is 22.8 Å². The molecule has 0 N–H and O–H groups in total. The van der Waals surface area contributed by atoms with Crippen LogP contribution in [0.4, 0.5) is 11.4 Å². The molecule has 2 nitrogen and oxygen atoms in total. The van der Waals surface area contributed by atoms with E-state index < -0.39 is 0 Å². The predicted molar refractivity (Wildman–Crippen MR) is 171 cm³/mol. The average Bonchev–Trinajstić information content (AvgIpc) is 2.95. The molecular weight excluding hydrogens is 567 g/mol. The Morgan fingerprint density at radius 3 is 1.26 bits per heavy atom. The number of rotatable bonds is 21. The Morgan fingerprint density at radius 1 is 0.462 bits per heavy atom. The molecule has 0 spiro atoms. The van der Waals surface area contributed by atoms with Crippen LogP contribution in [-0.2, 0) is 33.3 Å². The minimum absolute atomic E-state index is 0. The van der Waals surface area contributed by atoms with Gasteiger partial charge in [-0.25, -0.2) is 0 Å². The van der Waals surface area contributed by atoms with Crippen molar-refractivity contribution < 1.29 is 20.4 Å². The van der Waals surface area contributed by atoms with Crippen molar-refractivity contribution in [1.82, 2.24) is 0 Å². The number of benzene rings is 2. The van der Waals surface area contributed by atoms with Crippen molar-refractivity contribution in [3.05, 3.63) is 59.7 Å². The zero-order valence-electron chi connectivity index (χ0n) is 25.6. The monoisotopic (exact) mass is 622 g/mol. The van der Waals surface area contributed by atoms with Gasteiger partial charge in [0.15, 0.2) is 0 Å². The Hall–Kier alpha value is -1.56. The fourth-order valence-electron chi connectivity index (χ4n) is 4.96. The first-order valence-electron chi connectivity index (χ1n) is 16.0. The standard InChI is InChI=1S/C36H56N2.Pd/c1-5-9-12-14-16-18-20-31-23-27-33(28-24-31)37-35(8-4)36(22-11-7-3)38-34-29-25-32(26-30-34)21-19-17-15-13-10-6-2;/h23-30H,5-22H2,1-4H3;/b37-35+,38-36+;. The molecule has 3 heteroatoms. The van der Waals surface area contributed by atoms with Gasteiger partial charge >= 0.3 is 0 Å². The van der Waals surface area contributed by atoms with Gasteiger partial charge in [-0.1, -0.05) is 123 Å².